The molecular formula is C15H21N5O5. The Labute approximate surface area is 143 Å². The molecule has 0 saturated heterocycles. The molecule has 0 aliphatic heterocycles. The quantitative estimate of drug-likeness (QED) is 0.531. The van der Waals surface area contributed by atoms with Gasteiger partial charge in [-0.05, 0) is 0 Å². The predicted molar refractivity (Wildman–Crippen MR) is 91.3 cm³/mol. The van der Waals surface area contributed by atoms with E-state index in [1.165, 1.54) is 26.2 Å². The molecule has 0 aromatic carbocycles. The van der Waals surface area contributed by atoms with Crippen LogP contribution in [-0.2, 0) is 29.2 Å². The normalized spacial score (nSPS) is 10.2. The minimum Gasteiger partial charge on any atom is -0.358 e. The van der Waals surface area contributed by atoms with Crippen molar-refractivity contribution in [3.63, 3.8) is 0 Å². The monoisotopic (exact) mass is 351 g/mol. The molecule has 0 saturated carbocycles. The Morgan fingerprint density at radius 1 is 1.00 bits per heavy atom. The van der Waals surface area contributed by atoms with E-state index in [-0.39, 0.29) is 19.6 Å². The van der Waals surface area contributed by atoms with E-state index >= 15 is 0 Å². The first-order valence-corrected chi connectivity index (χ1v) is 7.39. The van der Waals surface area contributed by atoms with Gasteiger partial charge in [0.25, 0.3) is 0 Å². The van der Waals surface area contributed by atoms with Crippen molar-refractivity contribution in [1.29, 1.82) is 0 Å². The first-order valence-electron chi connectivity index (χ1n) is 7.39. The van der Waals surface area contributed by atoms with Gasteiger partial charge in [0.2, 0.25) is 11.8 Å². The van der Waals surface area contributed by atoms with E-state index in [9.17, 15) is 24.0 Å². The molecule has 0 atom stereocenters. The summed E-state index contributed by atoms with van der Waals surface area (Å²) in [5.74, 6) is -1.03. The second-order valence-electron chi connectivity index (χ2n) is 5.16. The lowest BCUT2D eigenvalue weighted by molar-refractivity contribution is -0.135. The van der Waals surface area contributed by atoms with Crippen LogP contribution in [0.2, 0.25) is 0 Å². The SMILES string of the molecule is C=CCn1c(=O)n(CC=C)c(=O)n(CC(=O)N(C)CC(=O)NC)c1=O. The highest BCUT2D eigenvalue weighted by atomic mass is 16.2. The number of rotatable bonds is 8. The van der Waals surface area contributed by atoms with Gasteiger partial charge < -0.3 is 10.2 Å². The summed E-state index contributed by atoms with van der Waals surface area (Å²) in [5, 5.41) is 2.36. The van der Waals surface area contributed by atoms with E-state index in [1.54, 1.807) is 0 Å². The third kappa shape index (κ3) is 4.43. The summed E-state index contributed by atoms with van der Waals surface area (Å²) in [5.41, 5.74) is -2.65. The van der Waals surface area contributed by atoms with E-state index in [0.717, 1.165) is 14.0 Å². The van der Waals surface area contributed by atoms with Gasteiger partial charge in [-0.1, -0.05) is 12.2 Å². The Balaban J connectivity index is 3.37. The fraction of sp³-hybridized carbons (Fsp3) is 0.400. The lowest BCUT2D eigenvalue weighted by Crippen LogP contribution is -2.55. The number of nitrogens with one attached hydrogen (secondary N) is 1. The van der Waals surface area contributed by atoms with Gasteiger partial charge in [0.1, 0.15) is 6.54 Å². The molecule has 1 N–H and O–H groups in total. The first kappa shape index (κ1) is 19.9. The zero-order valence-electron chi connectivity index (χ0n) is 14.2. The molecule has 2 amide bonds. The fourth-order valence-electron chi connectivity index (χ4n) is 2.03. The summed E-state index contributed by atoms with van der Waals surface area (Å²) in [4.78, 5) is 61.6. The number of carbonyl (C=O) groups excluding carboxylic acids is 2. The average Bonchev–Trinajstić information content (AvgIpc) is 2.58. The van der Waals surface area contributed by atoms with Crippen LogP contribution >= 0.6 is 0 Å². The topological polar surface area (TPSA) is 115 Å². The summed E-state index contributed by atoms with van der Waals surface area (Å²) < 4.78 is 2.24. The Morgan fingerprint density at radius 2 is 1.44 bits per heavy atom. The Bertz CT molecular complexity index is 812. The molecule has 0 unspecified atom stereocenters. The third-order valence-corrected chi connectivity index (χ3v) is 3.39. The third-order valence-electron chi connectivity index (χ3n) is 3.39. The number of nitrogens with zero attached hydrogens (tertiary/aromatic N) is 4. The molecule has 10 heteroatoms. The van der Waals surface area contributed by atoms with Gasteiger partial charge in [-0.15, -0.1) is 13.2 Å². The smallest absolute Gasteiger partial charge is 0.337 e. The van der Waals surface area contributed by atoms with Gasteiger partial charge >= 0.3 is 17.1 Å². The molecule has 0 bridgehead atoms. The van der Waals surface area contributed by atoms with Crippen LogP contribution in [0.3, 0.4) is 0 Å². The van der Waals surface area contributed by atoms with E-state index in [4.69, 9.17) is 0 Å². The summed E-state index contributed by atoms with van der Waals surface area (Å²) in [6, 6.07) is 0. The Kier molecular flexibility index (Phi) is 6.85. The van der Waals surface area contributed by atoms with Crippen molar-refractivity contribution >= 4 is 11.8 Å². The maximum absolute atomic E-state index is 12.4. The van der Waals surface area contributed by atoms with Crippen molar-refractivity contribution < 1.29 is 9.59 Å². The summed E-state index contributed by atoms with van der Waals surface area (Å²) >= 11 is 0. The number of aromatic nitrogens is 3. The zero-order valence-corrected chi connectivity index (χ0v) is 14.2. The molecule has 0 fully saturated rings. The molecule has 0 aliphatic carbocycles. The van der Waals surface area contributed by atoms with E-state index in [1.807, 2.05) is 0 Å². The number of carbonyl (C=O) groups is 2. The summed E-state index contributed by atoms with van der Waals surface area (Å²) in [6.45, 7) is 5.87. The van der Waals surface area contributed by atoms with Gasteiger partial charge in [0.15, 0.2) is 0 Å². The number of allylic oxidation sites excluding steroid dienone is 2. The van der Waals surface area contributed by atoms with E-state index < -0.39 is 35.4 Å². The minimum atomic E-state index is -0.920. The molecule has 10 nitrogen and oxygen atoms in total. The second kappa shape index (κ2) is 8.62. The lowest BCUT2D eigenvalue weighted by Gasteiger charge is -2.17. The van der Waals surface area contributed by atoms with Crippen LogP contribution in [0.4, 0.5) is 0 Å². The first-order chi connectivity index (χ1) is 11.8. The van der Waals surface area contributed by atoms with Gasteiger partial charge in [-0.2, -0.15) is 0 Å². The maximum Gasteiger partial charge on any atom is 0.337 e. The van der Waals surface area contributed by atoms with Crippen molar-refractivity contribution in [2.45, 2.75) is 19.6 Å². The molecule has 1 aromatic rings. The number of likely N-dealkylation sites (N-methyl/N-ethyl adjacent to an activating group) is 2. The molecule has 136 valence electrons. The minimum absolute atomic E-state index is 0.114. The van der Waals surface area contributed by atoms with Gasteiger partial charge in [-0.3, -0.25) is 9.59 Å². The van der Waals surface area contributed by atoms with Crippen molar-refractivity contribution in [3.05, 3.63) is 56.8 Å². The number of hydrogen-bond acceptors (Lipinski definition) is 5. The highest BCUT2D eigenvalue weighted by Crippen LogP contribution is 1.88. The second-order valence-corrected chi connectivity index (χ2v) is 5.16. The fourth-order valence-corrected chi connectivity index (χ4v) is 2.03. The van der Waals surface area contributed by atoms with E-state index in [0.29, 0.717) is 4.57 Å². The highest BCUT2D eigenvalue weighted by Gasteiger charge is 2.19. The standard InChI is InChI=1S/C15H21N5O5/c1-5-7-18-13(23)19(8-6-2)15(25)20(14(18)24)10-12(22)17(4)9-11(21)16-3/h5-6H,1-2,7-10H2,3-4H3,(H,16,21). The molecule has 25 heavy (non-hydrogen) atoms. The van der Waals surface area contributed by atoms with Gasteiger partial charge in [-0.25, -0.2) is 28.1 Å². The molecular weight excluding hydrogens is 330 g/mol. The van der Waals surface area contributed by atoms with Crippen molar-refractivity contribution in [3.8, 4) is 0 Å². The molecule has 1 heterocycles. The van der Waals surface area contributed by atoms with Crippen LogP contribution in [-0.4, -0.2) is 51.1 Å². The highest BCUT2D eigenvalue weighted by molar-refractivity contribution is 5.84. The van der Waals surface area contributed by atoms with Crippen LogP contribution in [0.15, 0.2) is 39.7 Å². The maximum atomic E-state index is 12.4. The number of amides is 2. The Hall–Kier alpha value is -3.17. The Morgan fingerprint density at radius 3 is 1.84 bits per heavy atom. The summed E-state index contributed by atoms with van der Waals surface area (Å²) in [6.07, 6.45) is 2.66. The van der Waals surface area contributed by atoms with E-state index in [2.05, 4.69) is 18.5 Å². The van der Waals surface area contributed by atoms with Gasteiger partial charge in [0.05, 0.1) is 19.6 Å². The molecule has 1 rings (SSSR count). The molecule has 1 aromatic heterocycles. The lowest BCUT2D eigenvalue weighted by atomic mass is 10.4. The predicted octanol–water partition coefficient (Wildman–Crippen LogP) is -2.25. The molecule has 0 aliphatic rings. The number of hydrogen-bond donors (Lipinski definition) is 1. The van der Waals surface area contributed by atoms with Crippen molar-refractivity contribution in [1.82, 2.24) is 23.9 Å². The van der Waals surface area contributed by atoms with Crippen LogP contribution in [0.25, 0.3) is 0 Å². The van der Waals surface area contributed by atoms with Crippen molar-refractivity contribution in [2.24, 2.45) is 0 Å². The molecule has 0 radical (unpaired) electrons. The van der Waals surface area contributed by atoms with Gasteiger partial charge in [0, 0.05) is 14.1 Å². The largest absolute Gasteiger partial charge is 0.358 e. The van der Waals surface area contributed by atoms with Crippen molar-refractivity contribution in [2.75, 3.05) is 20.6 Å². The summed E-state index contributed by atoms with van der Waals surface area (Å²) in [7, 11) is 2.79. The van der Waals surface area contributed by atoms with Crippen LogP contribution in [0.5, 0.6) is 0 Å². The zero-order chi connectivity index (χ0) is 19.1. The van der Waals surface area contributed by atoms with Crippen LogP contribution in [0, 0.1) is 0 Å². The average molecular weight is 351 g/mol. The van der Waals surface area contributed by atoms with Crippen LogP contribution < -0.4 is 22.4 Å². The van der Waals surface area contributed by atoms with Crippen LogP contribution in [0.1, 0.15) is 0 Å². The molecule has 0 spiro atoms.